The second-order valence-corrected chi connectivity index (χ2v) is 6.48. The molecule has 3 rings (SSSR count). The molecule has 2 aliphatic heterocycles. The molecule has 1 amide bonds. The molecule has 5 nitrogen and oxygen atoms in total. The number of aldehydes is 2. The van der Waals surface area contributed by atoms with E-state index in [1.807, 2.05) is 6.07 Å². The van der Waals surface area contributed by atoms with E-state index in [9.17, 15) is 14.4 Å². The second-order valence-electron chi connectivity index (χ2n) is 4.92. The van der Waals surface area contributed by atoms with E-state index in [4.69, 9.17) is 0 Å². The third-order valence-corrected chi connectivity index (χ3v) is 5.16. The Balaban J connectivity index is 1.94. The molecule has 2 aliphatic rings. The first-order chi connectivity index (χ1) is 9.60. The summed E-state index contributed by atoms with van der Waals surface area (Å²) in [5, 5.41) is -0.241. The smallest absolute Gasteiger partial charge is 0.254 e. The van der Waals surface area contributed by atoms with Crippen molar-refractivity contribution in [2.45, 2.75) is 23.1 Å². The minimum absolute atomic E-state index is 0.198. The predicted molar refractivity (Wildman–Crippen MR) is 74.8 cm³/mol. The Morgan fingerprint density at radius 3 is 2.80 bits per heavy atom. The summed E-state index contributed by atoms with van der Waals surface area (Å²) in [4.78, 5) is 40.2. The van der Waals surface area contributed by atoms with E-state index in [-0.39, 0.29) is 11.3 Å². The minimum atomic E-state index is -0.873. The fourth-order valence-electron chi connectivity index (χ4n) is 2.48. The van der Waals surface area contributed by atoms with Gasteiger partial charge in [-0.1, -0.05) is 6.07 Å². The number of fused-ring (bicyclic) bond motifs is 1. The van der Waals surface area contributed by atoms with Crippen LogP contribution in [0.4, 0.5) is 0 Å². The van der Waals surface area contributed by atoms with Gasteiger partial charge in [0.05, 0.1) is 16.0 Å². The van der Waals surface area contributed by atoms with Gasteiger partial charge in [-0.05, 0) is 25.1 Å². The molecule has 1 aromatic heterocycles. The first-order valence-electron chi connectivity index (χ1n) is 6.15. The van der Waals surface area contributed by atoms with E-state index in [1.54, 1.807) is 31.3 Å². The molecule has 1 unspecified atom stereocenters. The van der Waals surface area contributed by atoms with Gasteiger partial charge in [0.15, 0.2) is 0 Å². The summed E-state index contributed by atoms with van der Waals surface area (Å²) in [5.74, 6) is -0.198. The average molecular weight is 288 g/mol. The minimum Gasteiger partial charge on any atom is -0.311 e. The van der Waals surface area contributed by atoms with Gasteiger partial charge in [0.2, 0.25) is 0 Å². The first-order valence-corrected chi connectivity index (χ1v) is 7.03. The number of thioether (sulfide) groups is 1. The highest BCUT2D eigenvalue weighted by atomic mass is 32.2. The molecule has 2 fully saturated rings. The summed E-state index contributed by atoms with van der Waals surface area (Å²) in [5.41, 5.74) is 1.28. The second kappa shape index (κ2) is 4.56. The van der Waals surface area contributed by atoms with Crippen molar-refractivity contribution in [3.05, 3.63) is 35.7 Å². The number of nitrogens with zero attached hydrogens (tertiary/aromatic N) is 2. The van der Waals surface area contributed by atoms with Gasteiger partial charge in [-0.2, -0.15) is 0 Å². The number of pyridine rings is 1. The molecule has 6 heteroatoms. The van der Waals surface area contributed by atoms with Crippen LogP contribution in [0.25, 0.3) is 6.08 Å². The Kier molecular flexibility index (Phi) is 2.97. The van der Waals surface area contributed by atoms with Gasteiger partial charge in [-0.15, -0.1) is 11.8 Å². The average Bonchev–Trinajstić information content (AvgIpc) is 2.76. The molecule has 0 aliphatic carbocycles. The van der Waals surface area contributed by atoms with Crippen LogP contribution in [0, 0.1) is 0 Å². The van der Waals surface area contributed by atoms with Crippen LogP contribution in [0.1, 0.15) is 12.6 Å². The highest BCUT2D eigenvalue weighted by molar-refractivity contribution is 8.02. The van der Waals surface area contributed by atoms with Crippen LogP contribution < -0.4 is 0 Å². The first kappa shape index (κ1) is 13.1. The number of carbonyl (C=O) groups is 3. The Bertz CT molecular complexity index is 616. The fourth-order valence-corrected chi connectivity index (χ4v) is 3.96. The monoisotopic (exact) mass is 288 g/mol. The summed E-state index contributed by atoms with van der Waals surface area (Å²) in [6.07, 6.45) is 4.80. The van der Waals surface area contributed by atoms with Crippen molar-refractivity contribution in [1.82, 2.24) is 9.88 Å². The lowest BCUT2D eigenvalue weighted by Gasteiger charge is -2.38. The van der Waals surface area contributed by atoms with Gasteiger partial charge in [0, 0.05) is 6.20 Å². The topological polar surface area (TPSA) is 67.3 Å². The zero-order valence-electron chi connectivity index (χ0n) is 10.7. The van der Waals surface area contributed by atoms with Gasteiger partial charge in [-0.3, -0.25) is 9.78 Å². The largest absolute Gasteiger partial charge is 0.311 e. The Morgan fingerprint density at radius 2 is 2.20 bits per heavy atom. The Labute approximate surface area is 120 Å². The number of hydrogen-bond acceptors (Lipinski definition) is 5. The van der Waals surface area contributed by atoms with Crippen molar-refractivity contribution >= 4 is 36.3 Å². The van der Waals surface area contributed by atoms with E-state index in [1.165, 1.54) is 16.7 Å². The van der Waals surface area contributed by atoms with E-state index in [0.29, 0.717) is 17.6 Å². The molecule has 1 aromatic rings. The summed E-state index contributed by atoms with van der Waals surface area (Å²) in [6.45, 7) is 1.69. The van der Waals surface area contributed by atoms with Crippen LogP contribution >= 0.6 is 11.8 Å². The van der Waals surface area contributed by atoms with Crippen molar-refractivity contribution in [2.75, 3.05) is 0 Å². The summed E-state index contributed by atoms with van der Waals surface area (Å²) >= 11 is 1.34. The molecule has 0 bridgehead atoms. The lowest BCUT2D eigenvalue weighted by Crippen LogP contribution is -2.56. The number of amides is 1. The lowest BCUT2D eigenvalue weighted by molar-refractivity contribution is -0.139. The number of β-lactam (4-membered cyclic amide) rings is 1. The van der Waals surface area contributed by atoms with Crippen molar-refractivity contribution in [1.29, 1.82) is 0 Å². The number of rotatable bonds is 3. The molecule has 3 heterocycles. The predicted octanol–water partition coefficient (Wildman–Crippen LogP) is 0.905. The van der Waals surface area contributed by atoms with E-state index >= 15 is 0 Å². The quantitative estimate of drug-likeness (QED) is 0.470. The van der Waals surface area contributed by atoms with Gasteiger partial charge in [-0.25, -0.2) is 0 Å². The van der Waals surface area contributed by atoms with Crippen LogP contribution in [-0.2, 0) is 14.4 Å². The van der Waals surface area contributed by atoms with Crippen molar-refractivity contribution in [3.63, 3.8) is 0 Å². The fraction of sp³-hybridized carbons (Fsp3) is 0.286. The van der Waals surface area contributed by atoms with E-state index in [2.05, 4.69) is 4.98 Å². The van der Waals surface area contributed by atoms with Gasteiger partial charge >= 0.3 is 0 Å². The molecule has 20 heavy (non-hydrogen) atoms. The number of carbonyl (C=O) groups excluding carboxylic acids is 3. The molecule has 0 radical (unpaired) electrons. The highest BCUT2D eigenvalue weighted by Crippen LogP contribution is 2.51. The van der Waals surface area contributed by atoms with Crippen molar-refractivity contribution in [3.8, 4) is 0 Å². The van der Waals surface area contributed by atoms with Gasteiger partial charge in [0.25, 0.3) is 5.91 Å². The standard InChI is InChI=1S/C14H12N2O3S/c1-14(8-18)11(7-17)16-12(19)10(13(16)20-14)6-9-4-2-3-5-15-9/h2-8,11,13H,1H3/b10-6-/t11-,13?,14-/m0/s1. The van der Waals surface area contributed by atoms with Crippen LogP contribution in [0.3, 0.4) is 0 Å². The highest BCUT2D eigenvalue weighted by Gasteiger charge is 2.60. The summed E-state index contributed by atoms with van der Waals surface area (Å²) < 4.78 is -0.873. The zero-order valence-corrected chi connectivity index (χ0v) is 11.5. The molecule has 0 aromatic carbocycles. The molecule has 0 N–H and O–H groups in total. The van der Waals surface area contributed by atoms with Crippen LogP contribution in [-0.4, -0.2) is 44.5 Å². The SMILES string of the molecule is C[C@@]1(C=O)SC2/C(=C\c3ccccn3)C(=O)N2[C@H]1C=O. The number of aromatic nitrogens is 1. The maximum Gasteiger partial charge on any atom is 0.254 e. The van der Waals surface area contributed by atoms with E-state index < -0.39 is 10.8 Å². The summed E-state index contributed by atoms with van der Waals surface area (Å²) in [7, 11) is 0. The van der Waals surface area contributed by atoms with Crippen LogP contribution in [0.15, 0.2) is 30.0 Å². The molecule has 0 spiro atoms. The third-order valence-electron chi connectivity index (χ3n) is 3.61. The van der Waals surface area contributed by atoms with E-state index in [0.717, 1.165) is 6.29 Å². The van der Waals surface area contributed by atoms with Crippen LogP contribution in [0.2, 0.25) is 0 Å². The third kappa shape index (κ3) is 1.71. The number of hydrogen-bond donors (Lipinski definition) is 0. The Hall–Kier alpha value is -1.95. The maximum atomic E-state index is 12.2. The van der Waals surface area contributed by atoms with Crippen molar-refractivity contribution < 1.29 is 14.4 Å². The molecule has 102 valence electrons. The maximum absolute atomic E-state index is 12.2. The molecule has 2 saturated heterocycles. The van der Waals surface area contributed by atoms with Crippen molar-refractivity contribution in [2.24, 2.45) is 0 Å². The molecule has 3 atom stereocenters. The molecule has 0 saturated carbocycles. The molecular weight excluding hydrogens is 276 g/mol. The summed E-state index contributed by atoms with van der Waals surface area (Å²) in [6, 6.07) is 4.75. The van der Waals surface area contributed by atoms with Gasteiger partial charge < -0.3 is 14.5 Å². The molecular formula is C14H12N2O3S. The lowest BCUT2D eigenvalue weighted by atomic mass is 9.96. The Morgan fingerprint density at radius 1 is 1.40 bits per heavy atom. The van der Waals surface area contributed by atoms with Gasteiger partial charge in [0.1, 0.15) is 24.0 Å². The van der Waals surface area contributed by atoms with Crippen LogP contribution in [0.5, 0.6) is 0 Å². The zero-order chi connectivity index (χ0) is 14.3. The normalized spacial score (nSPS) is 33.8.